The molecule has 5 heteroatoms. The number of primary amides is 1. The number of nitrogens with zero attached hydrogens (tertiary/aromatic N) is 1. The Bertz CT molecular complexity index is 732. The van der Waals surface area contributed by atoms with Crippen LogP contribution in [0.2, 0.25) is 0 Å². The summed E-state index contributed by atoms with van der Waals surface area (Å²) < 4.78 is 0. The van der Waals surface area contributed by atoms with Gasteiger partial charge in [0, 0.05) is 0 Å². The Balaban J connectivity index is 2.17. The summed E-state index contributed by atoms with van der Waals surface area (Å²) in [6, 6.07) is 18.1. The number of carbonyl (C=O) groups excluding carboxylic acids is 2. The zero-order valence-electron chi connectivity index (χ0n) is 15.9. The fraction of sp³-hybridized carbons (Fsp3) is 0.364. The summed E-state index contributed by atoms with van der Waals surface area (Å²) in [5.41, 5.74) is 7.10. The van der Waals surface area contributed by atoms with Gasteiger partial charge in [-0.25, -0.2) is 5.06 Å². The van der Waals surface area contributed by atoms with Gasteiger partial charge in [-0.2, -0.15) is 0 Å². The summed E-state index contributed by atoms with van der Waals surface area (Å²) in [7, 11) is 0. The first-order valence-corrected chi connectivity index (χ1v) is 9.30. The molecule has 0 aromatic heterocycles. The van der Waals surface area contributed by atoms with E-state index < -0.39 is 17.7 Å². The van der Waals surface area contributed by atoms with Gasteiger partial charge >= 0.3 is 0 Å². The number of hydroxylamine groups is 2. The molecule has 0 aliphatic rings. The predicted octanol–water partition coefficient (Wildman–Crippen LogP) is 3.52. The molecule has 0 spiro atoms. The number of carbonyl (C=O) groups is 2. The third kappa shape index (κ3) is 5.93. The molecular formula is C22H28N2O3. The van der Waals surface area contributed by atoms with Crippen LogP contribution in [0.4, 0.5) is 0 Å². The van der Waals surface area contributed by atoms with E-state index in [-0.39, 0.29) is 12.0 Å². The Morgan fingerprint density at radius 3 is 2.07 bits per heavy atom. The topological polar surface area (TPSA) is 83.6 Å². The lowest BCUT2D eigenvalue weighted by Crippen LogP contribution is -2.44. The third-order valence-corrected chi connectivity index (χ3v) is 4.59. The van der Waals surface area contributed by atoms with Crippen molar-refractivity contribution in [1.82, 2.24) is 5.06 Å². The average Bonchev–Trinajstić information content (AvgIpc) is 2.65. The molecule has 2 rings (SSSR count). The number of hydrogen-bond acceptors (Lipinski definition) is 3. The second-order valence-corrected chi connectivity index (χ2v) is 7.24. The van der Waals surface area contributed by atoms with Crippen LogP contribution in [0.3, 0.4) is 0 Å². The van der Waals surface area contributed by atoms with E-state index in [0.717, 1.165) is 17.0 Å². The van der Waals surface area contributed by atoms with Crippen LogP contribution >= 0.6 is 0 Å². The second kappa shape index (κ2) is 9.88. The highest BCUT2D eigenvalue weighted by Gasteiger charge is 2.33. The number of rotatable bonds is 9. The van der Waals surface area contributed by atoms with Gasteiger partial charge in [0.2, 0.25) is 5.91 Å². The van der Waals surface area contributed by atoms with Crippen molar-refractivity contribution in [2.75, 3.05) is 0 Å². The second-order valence-electron chi connectivity index (χ2n) is 7.24. The Hall–Kier alpha value is -2.66. The zero-order chi connectivity index (χ0) is 19.8. The van der Waals surface area contributed by atoms with Gasteiger partial charge in [-0.15, -0.1) is 0 Å². The van der Waals surface area contributed by atoms with Crippen molar-refractivity contribution in [1.29, 1.82) is 0 Å². The van der Waals surface area contributed by atoms with E-state index in [2.05, 4.69) is 0 Å². The van der Waals surface area contributed by atoms with Crippen molar-refractivity contribution in [3.05, 3.63) is 71.8 Å². The summed E-state index contributed by atoms with van der Waals surface area (Å²) in [6.07, 6.45) is 1.97. The van der Waals surface area contributed by atoms with E-state index in [1.165, 1.54) is 0 Å². The van der Waals surface area contributed by atoms with Gasteiger partial charge in [0.05, 0.1) is 6.04 Å². The maximum absolute atomic E-state index is 12.9. The molecule has 2 aromatic carbocycles. The van der Waals surface area contributed by atoms with Crippen molar-refractivity contribution in [2.45, 2.75) is 45.1 Å². The van der Waals surface area contributed by atoms with E-state index in [1.54, 1.807) is 30.3 Å². The fourth-order valence-corrected chi connectivity index (χ4v) is 3.25. The van der Waals surface area contributed by atoms with E-state index in [9.17, 15) is 14.8 Å². The van der Waals surface area contributed by atoms with Gasteiger partial charge in [-0.1, -0.05) is 74.5 Å². The molecule has 144 valence electrons. The first-order valence-electron chi connectivity index (χ1n) is 9.30. The smallest absolute Gasteiger partial charge is 0.263 e. The van der Waals surface area contributed by atoms with E-state index >= 15 is 0 Å². The van der Waals surface area contributed by atoms with Crippen LogP contribution in [0, 0.1) is 5.92 Å². The molecule has 0 saturated carbocycles. The summed E-state index contributed by atoms with van der Waals surface area (Å²) in [5.74, 6) is -2.34. The van der Waals surface area contributed by atoms with Crippen LogP contribution in [-0.2, 0) is 16.0 Å². The molecule has 0 aliphatic heterocycles. The molecule has 0 radical (unpaired) electrons. The van der Waals surface area contributed by atoms with E-state index in [1.807, 2.05) is 44.2 Å². The van der Waals surface area contributed by atoms with Crippen LogP contribution in [0.1, 0.15) is 43.7 Å². The minimum atomic E-state index is -1.19. The van der Waals surface area contributed by atoms with Crippen LogP contribution in [0.15, 0.2) is 60.7 Å². The quantitative estimate of drug-likeness (QED) is 0.403. The average molecular weight is 368 g/mol. The standard InChI is InChI=1S/C22H28N2O3/c1-16(2)15-19(14-13-17-9-5-3-6-10-17)24(27)22(26)20(21(23)25)18-11-7-4-8-12-18/h3-12,16,19-20,27H,13-15H2,1-2H3,(H2,23,25). The molecule has 2 atom stereocenters. The monoisotopic (exact) mass is 368 g/mol. The molecule has 0 heterocycles. The van der Waals surface area contributed by atoms with Gasteiger partial charge in [0.25, 0.3) is 5.91 Å². The first kappa shape index (κ1) is 20.6. The Morgan fingerprint density at radius 1 is 1.00 bits per heavy atom. The predicted molar refractivity (Wildman–Crippen MR) is 105 cm³/mol. The van der Waals surface area contributed by atoms with Gasteiger partial charge in [0.1, 0.15) is 5.92 Å². The summed E-state index contributed by atoms with van der Waals surface area (Å²) in [5, 5.41) is 11.4. The van der Waals surface area contributed by atoms with Crippen LogP contribution < -0.4 is 5.73 Å². The maximum atomic E-state index is 12.9. The molecule has 2 aromatic rings. The van der Waals surface area contributed by atoms with Crippen molar-refractivity contribution in [3.8, 4) is 0 Å². The van der Waals surface area contributed by atoms with Gasteiger partial charge in [-0.3, -0.25) is 14.8 Å². The van der Waals surface area contributed by atoms with Crippen molar-refractivity contribution >= 4 is 11.8 Å². The highest BCUT2D eigenvalue weighted by molar-refractivity contribution is 6.04. The Kier molecular flexibility index (Phi) is 7.55. The van der Waals surface area contributed by atoms with Crippen LogP contribution in [0.5, 0.6) is 0 Å². The molecule has 2 unspecified atom stereocenters. The van der Waals surface area contributed by atoms with Crippen molar-refractivity contribution in [2.24, 2.45) is 11.7 Å². The van der Waals surface area contributed by atoms with Crippen molar-refractivity contribution in [3.63, 3.8) is 0 Å². The highest BCUT2D eigenvalue weighted by Crippen LogP contribution is 2.23. The lowest BCUT2D eigenvalue weighted by molar-refractivity contribution is -0.180. The molecule has 3 N–H and O–H groups in total. The molecule has 0 bridgehead atoms. The fourth-order valence-electron chi connectivity index (χ4n) is 3.25. The molecule has 0 aliphatic carbocycles. The zero-order valence-corrected chi connectivity index (χ0v) is 15.9. The minimum Gasteiger partial charge on any atom is -0.369 e. The number of benzene rings is 2. The molecule has 0 fully saturated rings. The lowest BCUT2D eigenvalue weighted by atomic mass is 9.93. The van der Waals surface area contributed by atoms with Crippen molar-refractivity contribution < 1.29 is 14.8 Å². The summed E-state index contributed by atoms with van der Waals surface area (Å²) in [4.78, 5) is 24.8. The summed E-state index contributed by atoms with van der Waals surface area (Å²) >= 11 is 0. The maximum Gasteiger partial charge on any atom is 0.263 e. The number of nitrogens with two attached hydrogens (primary N) is 1. The minimum absolute atomic E-state index is 0.289. The third-order valence-electron chi connectivity index (χ3n) is 4.59. The molecule has 2 amide bonds. The molecular weight excluding hydrogens is 340 g/mol. The highest BCUT2D eigenvalue weighted by atomic mass is 16.5. The van der Waals surface area contributed by atoms with Gasteiger partial charge in [0.15, 0.2) is 0 Å². The van der Waals surface area contributed by atoms with Gasteiger partial charge in [-0.05, 0) is 36.3 Å². The van der Waals surface area contributed by atoms with Gasteiger partial charge < -0.3 is 5.73 Å². The molecule has 27 heavy (non-hydrogen) atoms. The molecule has 5 nitrogen and oxygen atoms in total. The van der Waals surface area contributed by atoms with Crippen LogP contribution in [0.25, 0.3) is 0 Å². The van der Waals surface area contributed by atoms with Crippen LogP contribution in [-0.4, -0.2) is 28.1 Å². The Morgan fingerprint density at radius 2 is 1.56 bits per heavy atom. The lowest BCUT2D eigenvalue weighted by Gasteiger charge is -2.30. The van der Waals surface area contributed by atoms with E-state index in [0.29, 0.717) is 18.4 Å². The number of aryl methyl sites for hydroxylation is 1. The normalized spacial score (nSPS) is 13.2. The van der Waals surface area contributed by atoms with E-state index in [4.69, 9.17) is 5.73 Å². The molecule has 0 saturated heterocycles. The largest absolute Gasteiger partial charge is 0.369 e. The SMILES string of the molecule is CC(C)CC(CCc1ccccc1)N(O)C(=O)C(C(N)=O)c1ccccc1. The first-order chi connectivity index (χ1) is 12.9. The summed E-state index contributed by atoms with van der Waals surface area (Å²) in [6.45, 7) is 4.08. The number of amides is 2. The Labute approximate surface area is 160 Å². The number of hydrogen-bond donors (Lipinski definition) is 2.